The molecule has 0 atom stereocenters. The molecule has 104 valence electrons. The fourth-order valence-electron chi connectivity index (χ4n) is 1.83. The number of carbonyl (C=O) groups is 1. The third-order valence-corrected chi connectivity index (χ3v) is 3.98. The number of amides is 1. The van der Waals surface area contributed by atoms with Crippen LogP contribution in [0.2, 0.25) is 5.02 Å². The van der Waals surface area contributed by atoms with Crippen molar-refractivity contribution in [3.8, 4) is 0 Å². The van der Waals surface area contributed by atoms with Crippen LogP contribution in [0.15, 0.2) is 42.5 Å². The summed E-state index contributed by atoms with van der Waals surface area (Å²) in [4.78, 5) is 14.3. The molecule has 0 saturated carbocycles. The van der Waals surface area contributed by atoms with E-state index in [1.54, 1.807) is 18.2 Å². The molecule has 20 heavy (non-hydrogen) atoms. The number of nitrogens with one attached hydrogen (secondary N) is 1. The minimum Gasteiger partial charge on any atom is -0.376 e. The summed E-state index contributed by atoms with van der Waals surface area (Å²) < 4.78 is 0.913. The van der Waals surface area contributed by atoms with Gasteiger partial charge in [0.15, 0.2) is 0 Å². The molecule has 1 amide bonds. The summed E-state index contributed by atoms with van der Waals surface area (Å²) >= 11 is 8.16. The van der Waals surface area contributed by atoms with Crippen molar-refractivity contribution >= 4 is 51.5 Å². The fourth-order valence-corrected chi connectivity index (χ4v) is 2.64. The summed E-state index contributed by atoms with van der Waals surface area (Å²) in [7, 11) is 3.84. The van der Waals surface area contributed by atoms with Gasteiger partial charge in [-0.2, -0.15) is 0 Å². The molecule has 2 rings (SSSR count). The van der Waals surface area contributed by atoms with Gasteiger partial charge in [-0.05, 0) is 52.9 Å². The quantitative estimate of drug-likeness (QED) is 0.781. The molecule has 0 aromatic heterocycles. The molecule has 0 radical (unpaired) electrons. The van der Waals surface area contributed by atoms with Gasteiger partial charge in [-0.25, -0.2) is 0 Å². The van der Waals surface area contributed by atoms with Crippen LogP contribution in [0, 0.1) is 3.57 Å². The van der Waals surface area contributed by atoms with Gasteiger partial charge in [0.1, 0.15) is 0 Å². The van der Waals surface area contributed by atoms with Gasteiger partial charge in [-0.1, -0.05) is 23.7 Å². The van der Waals surface area contributed by atoms with E-state index in [1.165, 1.54) is 0 Å². The maximum absolute atomic E-state index is 12.3. The van der Waals surface area contributed by atoms with E-state index in [9.17, 15) is 4.79 Å². The lowest BCUT2D eigenvalue weighted by Crippen LogP contribution is -2.17. The molecular formula is C15H14ClIN2O. The Balaban J connectivity index is 2.33. The largest absolute Gasteiger partial charge is 0.376 e. The van der Waals surface area contributed by atoms with Crippen LogP contribution in [-0.4, -0.2) is 20.0 Å². The summed E-state index contributed by atoms with van der Waals surface area (Å²) in [6, 6.07) is 12.9. The van der Waals surface area contributed by atoms with Gasteiger partial charge in [0.05, 0.1) is 16.9 Å². The predicted molar refractivity (Wildman–Crippen MR) is 92.9 cm³/mol. The third kappa shape index (κ3) is 3.43. The van der Waals surface area contributed by atoms with Gasteiger partial charge in [-0.15, -0.1) is 0 Å². The van der Waals surface area contributed by atoms with Crippen LogP contribution in [0.25, 0.3) is 0 Å². The van der Waals surface area contributed by atoms with Crippen molar-refractivity contribution in [2.24, 2.45) is 0 Å². The Hall–Kier alpha value is -1.27. The van der Waals surface area contributed by atoms with Crippen LogP contribution in [0.4, 0.5) is 11.4 Å². The summed E-state index contributed by atoms with van der Waals surface area (Å²) in [6.45, 7) is 0. The zero-order chi connectivity index (χ0) is 14.7. The van der Waals surface area contributed by atoms with Gasteiger partial charge in [0.2, 0.25) is 0 Å². The number of carbonyl (C=O) groups excluding carboxylic acids is 1. The lowest BCUT2D eigenvalue weighted by molar-refractivity contribution is 0.102. The Morgan fingerprint density at radius 3 is 2.55 bits per heavy atom. The molecule has 0 unspecified atom stereocenters. The minimum absolute atomic E-state index is 0.139. The van der Waals surface area contributed by atoms with Crippen LogP contribution in [0.5, 0.6) is 0 Å². The van der Waals surface area contributed by atoms with E-state index in [0.29, 0.717) is 16.3 Å². The lowest BCUT2D eigenvalue weighted by atomic mass is 10.2. The second kappa shape index (κ2) is 6.45. The molecule has 0 heterocycles. The second-order valence-electron chi connectivity index (χ2n) is 4.49. The standard InChI is InChI=1S/C15H14ClIN2O/c1-19(2)14-8-7-10(16)9-13(14)18-15(20)11-5-3-4-6-12(11)17/h3-9H,1-2H3,(H,18,20). The molecule has 0 saturated heterocycles. The molecule has 1 N–H and O–H groups in total. The fraction of sp³-hybridized carbons (Fsp3) is 0.133. The molecule has 0 aliphatic rings. The number of hydrogen-bond acceptors (Lipinski definition) is 2. The Bertz CT molecular complexity index is 644. The molecule has 5 heteroatoms. The van der Waals surface area contributed by atoms with Crippen molar-refractivity contribution in [1.82, 2.24) is 0 Å². The van der Waals surface area contributed by atoms with Crippen molar-refractivity contribution in [3.05, 3.63) is 56.6 Å². The first-order valence-electron chi connectivity index (χ1n) is 6.02. The molecule has 0 aliphatic carbocycles. The molecule has 0 spiro atoms. The van der Waals surface area contributed by atoms with Crippen molar-refractivity contribution in [2.45, 2.75) is 0 Å². The van der Waals surface area contributed by atoms with E-state index in [2.05, 4.69) is 27.9 Å². The van der Waals surface area contributed by atoms with E-state index >= 15 is 0 Å². The summed E-state index contributed by atoms with van der Waals surface area (Å²) in [5.41, 5.74) is 2.26. The highest BCUT2D eigenvalue weighted by Gasteiger charge is 2.13. The Morgan fingerprint density at radius 1 is 1.20 bits per heavy atom. The molecule has 2 aromatic carbocycles. The highest BCUT2D eigenvalue weighted by atomic mass is 127. The Kier molecular flexibility index (Phi) is 4.88. The van der Waals surface area contributed by atoms with Gasteiger partial charge in [0, 0.05) is 22.7 Å². The molecule has 0 bridgehead atoms. The van der Waals surface area contributed by atoms with Crippen LogP contribution >= 0.6 is 34.2 Å². The maximum atomic E-state index is 12.3. The monoisotopic (exact) mass is 400 g/mol. The minimum atomic E-state index is -0.139. The molecule has 2 aromatic rings. The van der Waals surface area contributed by atoms with Crippen molar-refractivity contribution < 1.29 is 4.79 Å². The molecular weight excluding hydrogens is 387 g/mol. The maximum Gasteiger partial charge on any atom is 0.256 e. The zero-order valence-corrected chi connectivity index (χ0v) is 14.1. The number of rotatable bonds is 3. The zero-order valence-electron chi connectivity index (χ0n) is 11.2. The number of nitrogens with zero attached hydrogens (tertiary/aromatic N) is 1. The van der Waals surface area contributed by atoms with Crippen LogP contribution in [0.3, 0.4) is 0 Å². The van der Waals surface area contributed by atoms with Crippen LogP contribution in [-0.2, 0) is 0 Å². The first-order valence-corrected chi connectivity index (χ1v) is 7.47. The average molecular weight is 401 g/mol. The van der Waals surface area contributed by atoms with Gasteiger partial charge >= 0.3 is 0 Å². The van der Waals surface area contributed by atoms with Crippen molar-refractivity contribution in [3.63, 3.8) is 0 Å². The van der Waals surface area contributed by atoms with Crippen LogP contribution in [0.1, 0.15) is 10.4 Å². The average Bonchev–Trinajstić information content (AvgIpc) is 2.38. The van der Waals surface area contributed by atoms with E-state index in [4.69, 9.17) is 11.6 Å². The second-order valence-corrected chi connectivity index (χ2v) is 6.09. The van der Waals surface area contributed by atoms with E-state index < -0.39 is 0 Å². The summed E-state index contributed by atoms with van der Waals surface area (Å²) in [5, 5.41) is 3.51. The lowest BCUT2D eigenvalue weighted by Gasteiger charge is -2.18. The number of anilines is 2. The van der Waals surface area contributed by atoms with Crippen LogP contribution < -0.4 is 10.2 Å². The van der Waals surface area contributed by atoms with E-state index in [0.717, 1.165) is 9.26 Å². The van der Waals surface area contributed by atoms with Gasteiger partial charge < -0.3 is 10.2 Å². The topological polar surface area (TPSA) is 32.3 Å². The first kappa shape index (κ1) is 15.1. The summed E-state index contributed by atoms with van der Waals surface area (Å²) in [5.74, 6) is -0.139. The highest BCUT2D eigenvalue weighted by Crippen LogP contribution is 2.28. The molecule has 0 aliphatic heterocycles. The van der Waals surface area contributed by atoms with Gasteiger partial charge in [0.25, 0.3) is 5.91 Å². The highest BCUT2D eigenvalue weighted by molar-refractivity contribution is 14.1. The number of hydrogen-bond donors (Lipinski definition) is 1. The van der Waals surface area contributed by atoms with Gasteiger partial charge in [-0.3, -0.25) is 4.79 Å². The number of halogens is 2. The van der Waals surface area contributed by atoms with E-state index in [-0.39, 0.29) is 5.91 Å². The van der Waals surface area contributed by atoms with E-state index in [1.807, 2.05) is 43.3 Å². The predicted octanol–water partition coefficient (Wildman–Crippen LogP) is 4.26. The normalized spacial score (nSPS) is 10.2. The molecule has 0 fully saturated rings. The smallest absolute Gasteiger partial charge is 0.256 e. The first-order chi connectivity index (χ1) is 9.49. The number of benzene rings is 2. The van der Waals surface area contributed by atoms with Crippen molar-refractivity contribution in [2.75, 3.05) is 24.3 Å². The molecule has 3 nitrogen and oxygen atoms in total. The third-order valence-electron chi connectivity index (χ3n) is 2.81. The Labute approximate surface area is 137 Å². The van der Waals surface area contributed by atoms with Crippen molar-refractivity contribution in [1.29, 1.82) is 0 Å². The SMILES string of the molecule is CN(C)c1ccc(Cl)cc1NC(=O)c1ccccc1I. The summed E-state index contributed by atoms with van der Waals surface area (Å²) in [6.07, 6.45) is 0. The Morgan fingerprint density at radius 2 is 1.90 bits per heavy atom.